The van der Waals surface area contributed by atoms with Gasteiger partial charge in [-0.3, -0.25) is 4.79 Å². The largest absolute Gasteiger partial charge is 0.507 e. The van der Waals surface area contributed by atoms with Crippen molar-refractivity contribution in [1.29, 1.82) is 0 Å². The lowest BCUT2D eigenvalue weighted by molar-refractivity contribution is 0.0621. The second kappa shape index (κ2) is 4.88. The van der Waals surface area contributed by atoms with E-state index in [9.17, 15) is 15.0 Å². The van der Waals surface area contributed by atoms with E-state index in [0.29, 0.717) is 24.9 Å². The number of phenols is 2. The number of benzene rings is 1. The molecule has 0 bridgehead atoms. The number of phenolic OH excluding ortho intramolecular Hbond substituents is 2. The molecule has 0 spiro atoms. The maximum absolute atomic E-state index is 12.3. The Bertz CT molecular complexity index is 438. The van der Waals surface area contributed by atoms with Gasteiger partial charge in [0.2, 0.25) is 0 Å². The SMILES string of the molecule is CC1CCN(C(=O)c2c(O)cccc2O)CC1C. The van der Waals surface area contributed by atoms with Gasteiger partial charge in [0.1, 0.15) is 17.1 Å². The number of hydrogen-bond donors (Lipinski definition) is 2. The molecule has 1 saturated heterocycles. The van der Waals surface area contributed by atoms with Crippen LogP contribution in [-0.4, -0.2) is 34.1 Å². The summed E-state index contributed by atoms with van der Waals surface area (Å²) in [6, 6.07) is 4.36. The molecular formula is C14H19NO3. The van der Waals surface area contributed by atoms with Crippen LogP contribution < -0.4 is 0 Å². The molecule has 18 heavy (non-hydrogen) atoms. The summed E-state index contributed by atoms with van der Waals surface area (Å²) in [5.41, 5.74) is 0.0132. The third-order valence-electron chi connectivity index (χ3n) is 3.86. The quantitative estimate of drug-likeness (QED) is 0.802. The van der Waals surface area contributed by atoms with Crippen LogP contribution in [0.2, 0.25) is 0 Å². The standard InChI is InChI=1S/C14H19NO3/c1-9-6-7-15(8-10(9)2)14(18)13-11(16)4-3-5-12(13)17/h3-5,9-10,16-17H,6-8H2,1-2H3. The highest BCUT2D eigenvalue weighted by atomic mass is 16.3. The van der Waals surface area contributed by atoms with E-state index in [0.717, 1.165) is 6.42 Å². The van der Waals surface area contributed by atoms with Crippen LogP contribution in [0, 0.1) is 11.8 Å². The second-order valence-corrected chi connectivity index (χ2v) is 5.17. The molecule has 98 valence electrons. The van der Waals surface area contributed by atoms with Crippen molar-refractivity contribution in [1.82, 2.24) is 4.90 Å². The highest BCUT2D eigenvalue weighted by Gasteiger charge is 2.29. The van der Waals surface area contributed by atoms with Gasteiger partial charge in [0.25, 0.3) is 5.91 Å². The van der Waals surface area contributed by atoms with Crippen LogP contribution >= 0.6 is 0 Å². The number of carbonyl (C=O) groups excluding carboxylic acids is 1. The summed E-state index contributed by atoms with van der Waals surface area (Å²) in [6.07, 6.45) is 0.960. The summed E-state index contributed by atoms with van der Waals surface area (Å²) in [7, 11) is 0. The van der Waals surface area contributed by atoms with Crippen LogP contribution in [0.15, 0.2) is 18.2 Å². The van der Waals surface area contributed by atoms with Gasteiger partial charge in [-0.05, 0) is 30.4 Å². The number of carbonyl (C=O) groups is 1. The molecule has 1 aliphatic rings. The molecule has 2 unspecified atom stereocenters. The number of aromatic hydroxyl groups is 2. The Morgan fingerprint density at radius 2 is 1.83 bits per heavy atom. The third-order valence-corrected chi connectivity index (χ3v) is 3.86. The summed E-state index contributed by atoms with van der Waals surface area (Å²) >= 11 is 0. The number of piperidine rings is 1. The molecule has 1 aromatic carbocycles. The van der Waals surface area contributed by atoms with E-state index in [2.05, 4.69) is 13.8 Å². The Labute approximate surface area is 107 Å². The Morgan fingerprint density at radius 1 is 1.22 bits per heavy atom. The molecule has 0 radical (unpaired) electrons. The molecule has 1 amide bonds. The highest BCUT2D eigenvalue weighted by molar-refractivity contribution is 5.99. The Kier molecular flexibility index (Phi) is 3.45. The molecule has 4 heteroatoms. The zero-order chi connectivity index (χ0) is 13.3. The minimum Gasteiger partial charge on any atom is -0.507 e. The fourth-order valence-corrected chi connectivity index (χ4v) is 2.35. The molecule has 0 saturated carbocycles. The van der Waals surface area contributed by atoms with E-state index < -0.39 is 0 Å². The van der Waals surface area contributed by atoms with Gasteiger partial charge in [-0.1, -0.05) is 19.9 Å². The van der Waals surface area contributed by atoms with Gasteiger partial charge in [0, 0.05) is 13.1 Å². The first-order valence-corrected chi connectivity index (χ1v) is 6.31. The summed E-state index contributed by atoms with van der Waals surface area (Å²) in [5, 5.41) is 19.4. The van der Waals surface area contributed by atoms with Gasteiger partial charge in [-0.2, -0.15) is 0 Å². The first-order valence-electron chi connectivity index (χ1n) is 6.31. The lowest BCUT2D eigenvalue weighted by Crippen LogP contribution is -2.42. The summed E-state index contributed by atoms with van der Waals surface area (Å²) in [6.45, 7) is 5.66. The van der Waals surface area contributed by atoms with Crippen molar-refractivity contribution in [2.75, 3.05) is 13.1 Å². The number of rotatable bonds is 1. The molecule has 1 aromatic rings. The maximum atomic E-state index is 12.3. The monoisotopic (exact) mass is 249 g/mol. The van der Waals surface area contributed by atoms with Crippen LogP contribution in [0.1, 0.15) is 30.6 Å². The summed E-state index contributed by atoms with van der Waals surface area (Å²) in [4.78, 5) is 14.0. The van der Waals surface area contributed by atoms with Crippen molar-refractivity contribution in [2.24, 2.45) is 11.8 Å². The third kappa shape index (κ3) is 2.28. The van der Waals surface area contributed by atoms with Crippen molar-refractivity contribution >= 4 is 5.91 Å². The van der Waals surface area contributed by atoms with Crippen molar-refractivity contribution in [3.63, 3.8) is 0 Å². The molecule has 2 N–H and O–H groups in total. The van der Waals surface area contributed by atoms with Gasteiger partial charge in [0.05, 0.1) is 0 Å². The van der Waals surface area contributed by atoms with Crippen LogP contribution in [0.25, 0.3) is 0 Å². The van der Waals surface area contributed by atoms with E-state index in [-0.39, 0.29) is 23.0 Å². The molecule has 2 atom stereocenters. The highest BCUT2D eigenvalue weighted by Crippen LogP contribution is 2.30. The van der Waals surface area contributed by atoms with Crippen molar-refractivity contribution in [3.05, 3.63) is 23.8 Å². The molecule has 0 aromatic heterocycles. The van der Waals surface area contributed by atoms with Crippen LogP contribution in [0.3, 0.4) is 0 Å². The first-order chi connectivity index (χ1) is 8.50. The first kappa shape index (κ1) is 12.7. The minimum absolute atomic E-state index is 0.0132. The fourth-order valence-electron chi connectivity index (χ4n) is 2.35. The molecule has 1 heterocycles. The van der Waals surface area contributed by atoms with E-state index in [1.807, 2.05) is 0 Å². The van der Waals surface area contributed by atoms with Crippen LogP contribution in [-0.2, 0) is 0 Å². The normalized spacial score (nSPS) is 24.0. The average Bonchev–Trinajstić information content (AvgIpc) is 2.32. The topological polar surface area (TPSA) is 60.8 Å². The Morgan fingerprint density at radius 3 is 2.39 bits per heavy atom. The molecule has 1 aliphatic heterocycles. The number of hydrogen-bond acceptors (Lipinski definition) is 3. The van der Waals surface area contributed by atoms with Gasteiger partial charge in [0.15, 0.2) is 0 Å². The Hall–Kier alpha value is -1.71. The van der Waals surface area contributed by atoms with E-state index in [4.69, 9.17) is 0 Å². The van der Waals surface area contributed by atoms with Gasteiger partial charge < -0.3 is 15.1 Å². The van der Waals surface area contributed by atoms with Gasteiger partial charge in [-0.15, -0.1) is 0 Å². The number of nitrogens with zero attached hydrogens (tertiary/aromatic N) is 1. The summed E-state index contributed by atoms with van der Waals surface area (Å²) in [5.74, 6) is 0.435. The zero-order valence-corrected chi connectivity index (χ0v) is 10.8. The minimum atomic E-state index is -0.288. The molecular weight excluding hydrogens is 230 g/mol. The fraction of sp³-hybridized carbons (Fsp3) is 0.500. The van der Waals surface area contributed by atoms with Crippen molar-refractivity contribution < 1.29 is 15.0 Å². The lowest BCUT2D eigenvalue weighted by Gasteiger charge is -2.35. The zero-order valence-electron chi connectivity index (χ0n) is 10.8. The predicted molar refractivity (Wildman–Crippen MR) is 68.6 cm³/mol. The van der Waals surface area contributed by atoms with Gasteiger partial charge >= 0.3 is 0 Å². The van der Waals surface area contributed by atoms with Crippen molar-refractivity contribution in [3.8, 4) is 11.5 Å². The van der Waals surface area contributed by atoms with E-state index >= 15 is 0 Å². The lowest BCUT2D eigenvalue weighted by atomic mass is 9.88. The maximum Gasteiger partial charge on any atom is 0.261 e. The van der Waals surface area contributed by atoms with E-state index in [1.54, 1.807) is 4.90 Å². The number of amides is 1. The average molecular weight is 249 g/mol. The Balaban J connectivity index is 2.22. The smallest absolute Gasteiger partial charge is 0.261 e. The van der Waals surface area contributed by atoms with Crippen LogP contribution in [0.4, 0.5) is 0 Å². The molecule has 1 fully saturated rings. The van der Waals surface area contributed by atoms with Gasteiger partial charge in [-0.25, -0.2) is 0 Å². The van der Waals surface area contributed by atoms with Crippen molar-refractivity contribution in [2.45, 2.75) is 20.3 Å². The second-order valence-electron chi connectivity index (χ2n) is 5.17. The molecule has 0 aliphatic carbocycles. The predicted octanol–water partition coefficient (Wildman–Crippen LogP) is 2.22. The van der Waals surface area contributed by atoms with E-state index in [1.165, 1.54) is 18.2 Å². The summed E-state index contributed by atoms with van der Waals surface area (Å²) < 4.78 is 0. The molecule has 4 nitrogen and oxygen atoms in total. The molecule has 2 rings (SSSR count). The van der Waals surface area contributed by atoms with Crippen LogP contribution in [0.5, 0.6) is 11.5 Å². The number of likely N-dealkylation sites (tertiary alicyclic amines) is 1.